The smallest absolute Gasteiger partial charge is 0.270 e. The summed E-state index contributed by atoms with van der Waals surface area (Å²) in [5.74, 6) is 0.557. The molecule has 0 aliphatic carbocycles. The van der Waals surface area contributed by atoms with Crippen molar-refractivity contribution < 1.29 is 19.2 Å². The Morgan fingerprint density at radius 2 is 1.97 bits per heavy atom. The molecule has 31 heavy (non-hydrogen) atoms. The minimum atomic E-state index is -0.461. The highest BCUT2D eigenvalue weighted by Gasteiger charge is 2.35. The van der Waals surface area contributed by atoms with Crippen LogP contribution in [0.1, 0.15) is 35.7 Å². The van der Waals surface area contributed by atoms with Crippen LogP contribution in [0, 0.1) is 10.1 Å². The molecule has 1 aliphatic rings. The maximum atomic E-state index is 13.0. The summed E-state index contributed by atoms with van der Waals surface area (Å²) >= 11 is 0. The summed E-state index contributed by atoms with van der Waals surface area (Å²) in [6, 6.07) is 12.5. The number of nitrogens with zero attached hydrogens (tertiary/aromatic N) is 1. The number of H-pyrrole nitrogens is 1. The van der Waals surface area contributed by atoms with Gasteiger partial charge >= 0.3 is 0 Å². The number of nitrogens with one attached hydrogen (secondary N) is 2. The summed E-state index contributed by atoms with van der Waals surface area (Å²) in [6.45, 7) is 4.26. The van der Waals surface area contributed by atoms with E-state index in [1.165, 1.54) is 12.1 Å². The highest BCUT2D eigenvalue weighted by molar-refractivity contribution is 6.07. The van der Waals surface area contributed by atoms with Crippen molar-refractivity contribution in [3.63, 3.8) is 0 Å². The van der Waals surface area contributed by atoms with E-state index in [1.54, 1.807) is 12.3 Å². The molecular weight excluding hydrogens is 398 g/mol. The summed E-state index contributed by atoms with van der Waals surface area (Å²) in [6.07, 6.45) is 3.18. The number of hydrogen-bond acceptors (Lipinski definition) is 5. The van der Waals surface area contributed by atoms with Crippen molar-refractivity contribution in [2.45, 2.75) is 25.2 Å². The second-order valence-electron chi connectivity index (χ2n) is 7.72. The minimum absolute atomic E-state index is 0.0450. The number of carbonyl (C=O) groups is 1. The highest BCUT2D eigenvalue weighted by Crippen LogP contribution is 2.35. The Morgan fingerprint density at radius 3 is 2.65 bits per heavy atom. The summed E-state index contributed by atoms with van der Waals surface area (Å²) in [7, 11) is 0. The summed E-state index contributed by atoms with van der Waals surface area (Å²) in [4.78, 5) is 26.7. The van der Waals surface area contributed by atoms with Crippen LogP contribution in [0.15, 0.2) is 48.7 Å². The van der Waals surface area contributed by atoms with Gasteiger partial charge < -0.3 is 19.8 Å². The maximum absolute atomic E-state index is 13.0. The van der Waals surface area contributed by atoms with Crippen LogP contribution in [-0.4, -0.2) is 42.2 Å². The number of nitro benzene ring substituents is 1. The van der Waals surface area contributed by atoms with Gasteiger partial charge in [0.15, 0.2) is 0 Å². The van der Waals surface area contributed by atoms with Gasteiger partial charge in [-0.25, -0.2) is 0 Å². The lowest BCUT2D eigenvalue weighted by Crippen LogP contribution is -2.44. The molecule has 8 nitrogen and oxygen atoms in total. The number of aromatic amines is 1. The number of non-ortho nitro benzene ring substituents is 1. The molecule has 1 aromatic heterocycles. The van der Waals surface area contributed by atoms with Crippen molar-refractivity contribution in [1.29, 1.82) is 0 Å². The van der Waals surface area contributed by atoms with Crippen molar-refractivity contribution in [3.8, 4) is 5.75 Å². The van der Waals surface area contributed by atoms with Gasteiger partial charge in [-0.3, -0.25) is 14.9 Å². The SMILES string of the molecule is CCOc1ccc(C2(CNC(=O)c3c[nH]c4ccc([N+](=O)[O-])cc34)CCOCC2)cc1. The van der Waals surface area contributed by atoms with Gasteiger partial charge in [0.1, 0.15) is 5.75 Å². The van der Waals surface area contributed by atoms with Crippen LogP contribution >= 0.6 is 0 Å². The van der Waals surface area contributed by atoms with Crippen LogP contribution in [0.2, 0.25) is 0 Å². The first-order chi connectivity index (χ1) is 15.0. The molecule has 0 atom stereocenters. The van der Waals surface area contributed by atoms with Crippen molar-refractivity contribution >= 4 is 22.5 Å². The third-order valence-corrected chi connectivity index (χ3v) is 5.94. The zero-order chi connectivity index (χ0) is 21.8. The maximum Gasteiger partial charge on any atom is 0.270 e. The number of rotatable bonds is 7. The van der Waals surface area contributed by atoms with Crippen LogP contribution in [0.4, 0.5) is 5.69 Å². The van der Waals surface area contributed by atoms with Crippen molar-refractivity contribution in [3.05, 3.63) is 69.9 Å². The van der Waals surface area contributed by atoms with E-state index in [4.69, 9.17) is 9.47 Å². The van der Waals surface area contributed by atoms with Crippen LogP contribution < -0.4 is 10.1 Å². The minimum Gasteiger partial charge on any atom is -0.494 e. The van der Waals surface area contributed by atoms with Gasteiger partial charge in [-0.15, -0.1) is 0 Å². The average molecular weight is 423 g/mol. The Hall–Kier alpha value is -3.39. The standard InChI is InChI=1S/C23H25N3O5/c1-2-31-18-6-3-16(4-7-18)23(9-11-30-12-10-23)15-25-22(27)20-14-24-21-8-5-17(26(28)29)13-19(20)21/h3-8,13-14,24H,2,9-12,15H2,1H3,(H,25,27). The Labute approximate surface area is 179 Å². The van der Waals surface area contributed by atoms with Gasteiger partial charge in [-0.05, 0) is 43.5 Å². The zero-order valence-electron chi connectivity index (χ0n) is 17.3. The Morgan fingerprint density at radius 1 is 1.23 bits per heavy atom. The molecule has 0 spiro atoms. The monoisotopic (exact) mass is 423 g/mol. The predicted molar refractivity (Wildman–Crippen MR) is 117 cm³/mol. The van der Waals surface area contributed by atoms with E-state index in [2.05, 4.69) is 22.4 Å². The van der Waals surface area contributed by atoms with Crippen LogP contribution in [0.3, 0.4) is 0 Å². The van der Waals surface area contributed by atoms with Gasteiger partial charge in [0.2, 0.25) is 0 Å². The molecule has 0 bridgehead atoms. The van der Waals surface area contributed by atoms with Gasteiger partial charge in [0.25, 0.3) is 11.6 Å². The number of benzene rings is 2. The van der Waals surface area contributed by atoms with Gasteiger partial charge in [-0.2, -0.15) is 0 Å². The van der Waals surface area contributed by atoms with Crippen LogP contribution in [-0.2, 0) is 10.2 Å². The van der Waals surface area contributed by atoms with Crippen molar-refractivity contribution in [2.24, 2.45) is 0 Å². The highest BCUT2D eigenvalue weighted by atomic mass is 16.6. The first-order valence-corrected chi connectivity index (χ1v) is 10.4. The Kier molecular flexibility index (Phi) is 5.90. The first kappa shape index (κ1) is 20.9. The molecule has 2 aromatic carbocycles. The lowest BCUT2D eigenvalue weighted by Gasteiger charge is -2.38. The van der Waals surface area contributed by atoms with Gasteiger partial charge in [0, 0.05) is 54.4 Å². The average Bonchev–Trinajstić information content (AvgIpc) is 3.22. The molecule has 162 valence electrons. The number of aromatic nitrogens is 1. The molecular formula is C23H25N3O5. The second-order valence-corrected chi connectivity index (χ2v) is 7.72. The number of ether oxygens (including phenoxy) is 2. The number of carbonyl (C=O) groups excluding carboxylic acids is 1. The summed E-state index contributed by atoms with van der Waals surface area (Å²) in [5.41, 5.74) is 1.93. The van der Waals surface area contributed by atoms with Gasteiger partial charge in [0.05, 0.1) is 17.1 Å². The quantitative estimate of drug-likeness (QED) is 0.442. The van der Waals surface area contributed by atoms with Crippen LogP contribution in [0.25, 0.3) is 10.9 Å². The lowest BCUT2D eigenvalue weighted by molar-refractivity contribution is -0.384. The number of hydrogen-bond donors (Lipinski definition) is 2. The largest absolute Gasteiger partial charge is 0.494 e. The number of amides is 1. The predicted octanol–water partition coefficient (Wildman–Crippen LogP) is 3.95. The molecule has 0 unspecified atom stereocenters. The fourth-order valence-electron chi connectivity index (χ4n) is 4.16. The number of nitro groups is 1. The van der Waals surface area contributed by atoms with E-state index < -0.39 is 4.92 Å². The van der Waals surface area contributed by atoms with E-state index in [-0.39, 0.29) is 17.0 Å². The van der Waals surface area contributed by atoms with Crippen molar-refractivity contribution in [2.75, 3.05) is 26.4 Å². The molecule has 3 aromatic rings. The molecule has 0 radical (unpaired) electrons. The fraction of sp³-hybridized carbons (Fsp3) is 0.348. The van der Waals surface area contributed by atoms with E-state index in [0.29, 0.717) is 42.8 Å². The molecule has 1 amide bonds. The van der Waals surface area contributed by atoms with Gasteiger partial charge in [-0.1, -0.05) is 12.1 Å². The zero-order valence-corrected chi connectivity index (χ0v) is 17.3. The summed E-state index contributed by atoms with van der Waals surface area (Å²) in [5, 5.41) is 14.7. The third-order valence-electron chi connectivity index (χ3n) is 5.94. The third kappa shape index (κ3) is 4.25. The first-order valence-electron chi connectivity index (χ1n) is 10.4. The Bertz CT molecular complexity index is 1080. The fourth-order valence-corrected chi connectivity index (χ4v) is 4.16. The molecule has 2 heterocycles. The molecule has 2 N–H and O–H groups in total. The van der Waals surface area contributed by atoms with Crippen LogP contribution in [0.5, 0.6) is 5.75 Å². The lowest BCUT2D eigenvalue weighted by atomic mass is 9.74. The van der Waals surface area contributed by atoms with E-state index in [1.807, 2.05) is 19.1 Å². The molecule has 8 heteroatoms. The molecule has 1 saturated heterocycles. The molecule has 1 aliphatic heterocycles. The molecule has 0 saturated carbocycles. The topological polar surface area (TPSA) is 106 Å². The normalized spacial score (nSPS) is 15.5. The van der Waals surface area contributed by atoms with E-state index >= 15 is 0 Å². The van der Waals surface area contributed by atoms with E-state index in [0.717, 1.165) is 24.2 Å². The Balaban J connectivity index is 1.56. The number of fused-ring (bicyclic) bond motifs is 1. The summed E-state index contributed by atoms with van der Waals surface area (Å²) < 4.78 is 11.1. The molecule has 4 rings (SSSR count). The molecule has 1 fully saturated rings. The second kappa shape index (κ2) is 8.77. The van der Waals surface area contributed by atoms with Crippen molar-refractivity contribution in [1.82, 2.24) is 10.3 Å². The van der Waals surface area contributed by atoms with E-state index in [9.17, 15) is 14.9 Å².